The Balaban J connectivity index is 1.36. The number of nitrogens with zero attached hydrogens (tertiary/aromatic N) is 3. The summed E-state index contributed by atoms with van der Waals surface area (Å²) in [6.07, 6.45) is 1.37. The Kier molecular flexibility index (Phi) is 6.45. The molecule has 0 bridgehead atoms. The van der Waals surface area contributed by atoms with Gasteiger partial charge >= 0.3 is 0 Å². The minimum atomic E-state index is -0.626. The Bertz CT molecular complexity index is 1420. The van der Waals surface area contributed by atoms with Crippen LogP contribution in [-0.2, 0) is 16.6 Å². The van der Waals surface area contributed by atoms with Gasteiger partial charge < -0.3 is 9.80 Å². The Hall–Kier alpha value is -3.78. The Labute approximate surface area is 218 Å². The molecule has 3 aromatic carbocycles. The first-order valence-corrected chi connectivity index (χ1v) is 12.4. The molecule has 2 heterocycles. The van der Waals surface area contributed by atoms with Crippen LogP contribution in [0.5, 0.6) is 0 Å². The van der Waals surface area contributed by atoms with E-state index >= 15 is 0 Å². The van der Waals surface area contributed by atoms with Crippen LogP contribution in [0.15, 0.2) is 60.7 Å². The predicted octanol–water partition coefficient (Wildman–Crippen LogP) is 5.46. The van der Waals surface area contributed by atoms with Gasteiger partial charge in [0, 0.05) is 48.4 Å². The molecule has 3 aromatic rings. The lowest BCUT2D eigenvalue weighted by Crippen LogP contribution is -2.48. The molecule has 0 atom stereocenters. The monoisotopic (exact) mass is 521 g/mol. The smallest absolute Gasteiger partial charge is 0.269 e. The maximum atomic E-state index is 13.9. The van der Waals surface area contributed by atoms with Crippen LogP contribution in [0, 0.1) is 22.9 Å². The van der Waals surface area contributed by atoms with Gasteiger partial charge in [-0.05, 0) is 55.2 Å². The third-order valence-electron chi connectivity index (χ3n) is 7.43. The van der Waals surface area contributed by atoms with Gasteiger partial charge in [-0.2, -0.15) is 0 Å². The summed E-state index contributed by atoms with van der Waals surface area (Å²) >= 11 is 5.76. The summed E-state index contributed by atoms with van der Waals surface area (Å²) in [4.78, 5) is 40.6. The number of nitro benzene ring substituents is 1. The second-order valence-electron chi connectivity index (χ2n) is 9.81. The van der Waals surface area contributed by atoms with Crippen LogP contribution < -0.4 is 4.90 Å². The molecule has 2 aliphatic heterocycles. The Morgan fingerprint density at radius 3 is 2.54 bits per heavy atom. The molecule has 0 aliphatic carbocycles. The number of carbonyl (C=O) groups excluding carboxylic acids is 2. The molecule has 2 aliphatic rings. The topological polar surface area (TPSA) is 83.8 Å². The SMILES string of the molecule is Cc1ccc2c(c1)C1(CCN(C(=O)c3ccc(Cl)c(F)c3)CC1)CN2C(=O)Cc1cccc([N+](=O)[O-])c1. The van der Waals surface area contributed by atoms with Crippen molar-refractivity contribution < 1.29 is 18.9 Å². The molecule has 190 valence electrons. The fraction of sp³-hybridized carbons (Fsp3) is 0.286. The molecule has 0 radical (unpaired) electrons. The van der Waals surface area contributed by atoms with Gasteiger partial charge in [-0.3, -0.25) is 19.7 Å². The molecule has 9 heteroatoms. The molecule has 0 N–H and O–H groups in total. The second-order valence-corrected chi connectivity index (χ2v) is 10.2. The average Bonchev–Trinajstić information content (AvgIpc) is 3.19. The van der Waals surface area contributed by atoms with Gasteiger partial charge in [0.1, 0.15) is 5.82 Å². The summed E-state index contributed by atoms with van der Waals surface area (Å²) < 4.78 is 13.9. The first-order valence-electron chi connectivity index (χ1n) is 12.1. The molecular weight excluding hydrogens is 497 g/mol. The maximum absolute atomic E-state index is 13.9. The summed E-state index contributed by atoms with van der Waals surface area (Å²) in [6.45, 7) is 3.44. The Morgan fingerprint density at radius 1 is 1.08 bits per heavy atom. The number of piperidine rings is 1. The number of carbonyl (C=O) groups is 2. The number of halogens is 2. The highest BCUT2D eigenvalue weighted by atomic mass is 35.5. The van der Waals surface area contributed by atoms with Gasteiger partial charge in [0.2, 0.25) is 5.91 Å². The first kappa shape index (κ1) is 24.9. The van der Waals surface area contributed by atoms with Gasteiger partial charge in [0.05, 0.1) is 16.4 Å². The fourth-order valence-electron chi connectivity index (χ4n) is 5.43. The van der Waals surface area contributed by atoms with Crippen molar-refractivity contribution in [2.75, 3.05) is 24.5 Å². The van der Waals surface area contributed by atoms with E-state index in [2.05, 4.69) is 6.07 Å². The largest absolute Gasteiger partial charge is 0.339 e. The van der Waals surface area contributed by atoms with E-state index in [-0.39, 0.29) is 39.9 Å². The van der Waals surface area contributed by atoms with Crippen LogP contribution >= 0.6 is 11.6 Å². The molecule has 0 aromatic heterocycles. The molecule has 0 saturated carbocycles. The van der Waals surface area contributed by atoms with Gasteiger partial charge in [0.15, 0.2) is 0 Å². The molecule has 7 nitrogen and oxygen atoms in total. The minimum Gasteiger partial charge on any atom is -0.339 e. The molecule has 37 heavy (non-hydrogen) atoms. The van der Waals surface area contributed by atoms with Gasteiger partial charge in [0.25, 0.3) is 11.6 Å². The van der Waals surface area contributed by atoms with Crippen LogP contribution in [0.25, 0.3) is 0 Å². The number of fused-ring (bicyclic) bond motifs is 2. The molecule has 2 amide bonds. The van der Waals surface area contributed by atoms with E-state index in [1.807, 2.05) is 19.1 Å². The zero-order chi connectivity index (χ0) is 26.3. The summed E-state index contributed by atoms with van der Waals surface area (Å²) in [5, 5.41) is 11.1. The number of rotatable bonds is 4. The molecule has 5 rings (SSSR count). The average molecular weight is 522 g/mol. The van der Waals surface area contributed by atoms with Gasteiger partial charge in [-0.25, -0.2) is 4.39 Å². The van der Waals surface area contributed by atoms with Crippen molar-refractivity contribution in [1.29, 1.82) is 0 Å². The van der Waals surface area contributed by atoms with Crippen molar-refractivity contribution in [2.45, 2.75) is 31.6 Å². The summed E-state index contributed by atoms with van der Waals surface area (Å²) in [7, 11) is 0. The lowest BCUT2D eigenvalue weighted by Gasteiger charge is -2.40. The van der Waals surface area contributed by atoms with Crippen molar-refractivity contribution in [2.24, 2.45) is 0 Å². The minimum absolute atomic E-state index is 0.0260. The van der Waals surface area contributed by atoms with E-state index in [1.54, 1.807) is 21.9 Å². The van der Waals surface area contributed by atoms with Crippen molar-refractivity contribution in [3.05, 3.63) is 104 Å². The van der Waals surface area contributed by atoms with E-state index in [4.69, 9.17) is 11.6 Å². The molecule has 0 unspecified atom stereocenters. The lowest BCUT2D eigenvalue weighted by molar-refractivity contribution is -0.384. The standard InChI is InChI=1S/C28H25ClFN3O4/c1-18-5-8-25-22(13-18)28(17-32(25)26(34)15-19-3-2-4-21(14-19)33(36)37)9-11-31(12-10-28)27(35)20-6-7-23(29)24(30)16-20/h2-8,13-14,16H,9-12,15,17H2,1H3. The highest BCUT2D eigenvalue weighted by molar-refractivity contribution is 6.30. The number of hydrogen-bond acceptors (Lipinski definition) is 4. The first-order chi connectivity index (χ1) is 17.7. The Morgan fingerprint density at radius 2 is 1.84 bits per heavy atom. The number of likely N-dealkylation sites (tertiary alicyclic amines) is 1. The van der Waals surface area contributed by atoms with Crippen molar-refractivity contribution >= 4 is 34.8 Å². The van der Waals surface area contributed by atoms with E-state index in [0.29, 0.717) is 38.0 Å². The van der Waals surface area contributed by atoms with Crippen LogP contribution in [0.4, 0.5) is 15.8 Å². The maximum Gasteiger partial charge on any atom is 0.269 e. The van der Waals surface area contributed by atoms with Gasteiger partial charge in [-0.15, -0.1) is 0 Å². The van der Waals surface area contributed by atoms with Crippen LogP contribution in [0.1, 0.15) is 39.9 Å². The van der Waals surface area contributed by atoms with Crippen molar-refractivity contribution in [3.63, 3.8) is 0 Å². The molecule has 1 spiro atoms. The summed E-state index contributed by atoms with van der Waals surface area (Å²) in [6, 6.07) is 16.3. The molecule has 1 fully saturated rings. The zero-order valence-electron chi connectivity index (χ0n) is 20.2. The van der Waals surface area contributed by atoms with E-state index in [0.717, 1.165) is 22.9 Å². The third-order valence-corrected chi connectivity index (χ3v) is 7.73. The number of nitro groups is 1. The second kappa shape index (κ2) is 9.59. The predicted molar refractivity (Wildman–Crippen MR) is 139 cm³/mol. The zero-order valence-corrected chi connectivity index (χ0v) is 21.0. The number of hydrogen-bond donors (Lipinski definition) is 0. The van der Waals surface area contributed by atoms with Crippen LogP contribution in [0.2, 0.25) is 5.02 Å². The highest BCUT2D eigenvalue weighted by Gasteiger charge is 2.46. The third kappa shape index (κ3) is 4.69. The highest BCUT2D eigenvalue weighted by Crippen LogP contribution is 2.47. The van der Waals surface area contributed by atoms with Crippen molar-refractivity contribution in [3.8, 4) is 0 Å². The summed E-state index contributed by atoms with van der Waals surface area (Å²) in [5.41, 5.74) is 3.52. The summed E-state index contributed by atoms with van der Waals surface area (Å²) in [5.74, 6) is -0.997. The van der Waals surface area contributed by atoms with E-state index in [1.165, 1.54) is 24.3 Å². The van der Waals surface area contributed by atoms with E-state index in [9.17, 15) is 24.1 Å². The van der Waals surface area contributed by atoms with Gasteiger partial charge in [-0.1, -0.05) is 41.4 Å². The molecule has 1 saturated heterocycles. The lowest BCUT2D eigenvalue weighted by atomic mass is 9.74. The normalized spacial score (nSPS) is 16.1. The van der Waals surface area contributed by atoms with E-state index < -0.39 is 10.7 Å². The number of non-ortho nitro benzene ring substituents is 1. The number of amides is 2. The molecular formula is C28H25ClFN3O4. The number of anilines is 1. The number of aryl methyl sites for hydroxylation is 1. The fourth-order valence-corrected chi connectivity index (χ4v) is 5.55. The van der Waals surface area contributed by atoms with Crippen molar-refractivity contribution in [1.82, 2.24) is 4.90 Å². The van der Waals surface area contributed by atoms with Crippen LogP contribution in [0.3, 0.4) is 0 Å². The number of benzene rings is 3. The quantitative estimate of drug-likeness (QED) is 0.337. The van der Waals surface area contributed by atoms with Crippen LogP contribution in [-0.4, -0.2) is 41.3 Å².